The van der Waals surface area contributed by atoms with Crippen LogP contribution >= 0.6 is 11.8 Å². The van der Waals surface area contributed by atoms with Crippen LogP contribution in [0.2, 0.25) is 0 Å². The summed E-state index contributed by atoms with van der Waals surface area (Å²) in [5, 5.41) is 7.83. The topological polar surface area (TPSA) is 96.5 Å². The average Bonchev–Trinajstić information content (AvgIpc) is 2.98. The minimum Gasteiger partial charge on any atom is -0.496 e. The molecule has 0 fully saturated rings. The largest absolute Gasteiger partial charge is 0.496 e. The van der Waals surface area contributed by atoms with Gasteiger partial charge in [0.15, 0.2) is 0 Å². The summed E-state index contributed by atoms with van der Waals surface area (Å²) in [5.41, 5.74) is 2.01. The predicted octanol–water partition coefficient (Wildman–Crippen LogP) is 6.36. The quantitative estimate of drug-likeness (QED) is 0.153. The molecule has 208 valence electrons. The van der Waals surface area contributed by atoms with Crippen molar-refractivity contribution in [2.24, 2.45) is 0 Å². The van der Waals surface area contributed by atoms with Crippen molar-refractivity contribution in [1.29, 1.82) is 0 Å². The molecule has 1 unspecified atom stereocenters. The van der Waals surface area contributed by atoms with Gasteiger partial charge in [-0.25, -0.2) is 4.39 Å². The number of anilines is 2. The molecule has 0 aromatic heterocycles. The van der Waals surface area contributed by atoms with Crippen LogP contribution in [-0.2, 0) is 9.59 Å². The Bertz CT molecular complexity index is 1560. The summed E-state index contributed by atoms with van der Waals surface area (Å²) in [6, 6.07) is 28.3. The summed E-state index contributed by atoms with van der Waals surface area (Å²) < 4.78 is 18.6. The molecule has 4 aromatic carbocycles. The number of carbonyl (C=O) groups excluding carboxylic acids is 3. The molecule has 0 spiro atoms. The van der Waals surface area contributed by atoms with Crippen molar-refractivity contribution in [3.05, 3.63) is 126 Å². The lowest BCUT2D eigenvalue weighted by Crippen LogP contribution is -2.30. The summed E-state index contributed by atoms with van der Waals surface area (Å²) >= 11 is 1.30. The van der Waals surface area contributed by atoms with Crippen LogP contribution in [0.15, 0.2) is 114 Å². The minimum atomic E-state index is -0.538. The molecule has 3 amide bonds. The maximum atomic E-state index is 13.4. The molecule has 0 bridgehead atoms. The zero-order chi connectivity index (χ0) is 29.2. The monoisotopic (exact) mass is 569 g/mol. The fourth-order valence-electron chi connectivity index (χ4n) is 3.76. The van der Waals surface area contributed by atoms with Gasteiger partial charge in [0, 0.05) is 27.4 Å². The van der Waals surface area contributed by atoms with Crippen LogP contribution in [0.3, 0.4) is 0 Å². The maximum Gasteiger partial charge on any atom is 0.272 e. The molecule has 9 heteroatoms. The van der Waals surface area contributed by atoms with Crippen molar-refractivity contribution in [3.8, 4) is 5.75 Å². The Hall–Kier alpha value is -4.89. The van der Waals surface area contributed by atoms with Gasteiger partial charge in [0.2, 0.25) is 5.91 Å². The van der Waals surface area contributed by atoms with E-state index in [9.17, 15) is 18.8 Å². The number of benzene rings is 4. The third kappa shape index (κ3) is 8.30. The van der Waals surface area contributed by atoms with Crippen LogP contribution in [-0.4, -0.2) is 30.1 Å². The molecule has 0 saturated carbocycles. The summed E-state index contributed by atoms with van der Waals surface area (Å²) in [5.74, 6) is -1.07. The molecule has 0 aliphatic rings. The number of halogens is 1. The molecule has 0 saturated heterocycles. The van der Waals surface area contributed by atoms with E-state index in [1.807, 2.05) is 12.1 Å². The normalized spacial score (nSPS) is 11.7. The first kappa shape index (κ1) is 29.1. The number of thioether (sulfide) groups is 1. The summed E-state index contributed by atoms with van der Waals surface area (Å²) in [7, 11) is 1.53. The van der Waals surface area contributed by atoms with Gasteiger partial charge in [0.25, 0.3) is 11.8 Å². The zero-order valence-corrected chi connectivity index (χ0v) is 23.2. The van der Waals surface area contributed by atoms with Gasteiger partial charge in [0.05, 0.1) is 12.4 Å². The molecule has 3 N–H and O–H groups in total. The van der Waals surface area contributed by atoms with Gasteiger partial charge >= 0.3 is 0 Å². The Kier molecular flexibility index (Phi) is 9.90. The second kappa shape index (κ2) is 14.0. The molecular formula is C32H28FN3O4S. The van der Waals surface area contributed by atoms with Crippen molar-refractivity contribution in [2.75, 3.05) is 17.7 Å². The molecule has 7 nitrogen and oxygen atoms in total. The van der Waals surface area contributed by atoms with Crippen LogP contribution in [0.1, 0.15) is 22.8 Å². The van der Waals surface area contributed by atoms with Crippen LogP contribution in [0.25, 0.3) is 6.08 Å². The number of hydrogen-bond donors (Lipinski definition) is 3. The van der Waals surface area contributed by atoms with Gasteiger partial charge in [0.1, 0.15) is 17.3 Å². The number of para-hydroxylation sites is 1. The van der Waals surface area contributed by atoms with Crippen molar-refractivity contribution >= 4 is 46.9 Å². The second-order valence-corrected chi connectivity index (χ2v) is 10.3. The Morgan fingerprint density at radius 3 is 2.27 bits per heavy atom. The van der Waals surface area contributed by atoms with Crippen molar-refractivity contribution in [3.63, 3.8) is 0 Å². The van der Waals surface area contributed by atoms with Crippen LogP contribution in [0, 0.1) is 5.82 Å². The SMILES string of the molecule is COc1ccccc1/C=C(/NC(=O)c1ccccc1)C(=O)Nc1cccc(SC(C)C(=O)Nc2ccc(F)cc2)c1. The lowest BCUT2D eigenvalue weighted by molar-refractivity contribution is -0.115. The maximum absolute atomic E-state index is 13.4. The highest BCUT2D eigenvalue weighted by Gasteiger charge is 2.18. The summed E-state index contributed by atoms with van der Waals surface area (Å²) in [4.78, 5) is 39.7. The fourth-order valence-corrected chi connectivity index (χ4v) is 4.69. The first-order valence-corrected chi connectivity index (χ1v) is 13.6. The van der Waals surface area contributed by atoms with E-state index in [2.05, 4.69) is 16.0 Å². The average molecular weight is 570 g/mol. The first-order valence-electron chi connectivity index (χ1n) is 12.7. The molecular weight excluding hydrogens is 541 g/mol. The van der Waals surface area contributed by atoms with Gasteiger partial charge in [-0.05, 0) is 73.7 Å². The van der Waals surface area contributed by atoms with E-state index in [0.717, 1.165) is 4.90 Å². The van der Waals surface area contributed by atoms with E-state index in [0.29, 0.717) is 28.3 Å². The number of methoxy groups -OCH3 is 1. The third-order valence-corrected chi connectivity index (χ3v) is 6.95. The molecule has 1 atom stereocenters. The highest BCUT2D eigenvalue weighted by atomic mass is 32.2. The van der Waals surface area contributed by atoms with Gasteiger partial charge in [-0.1, -0.05) is 42.5 Å². The molecule has 0 heterocycles. The number of amides is 3. The fraction of sp³-hybridized carbons (Fsp3) is 0.0938. The molecule has 4 aromatic rings. The van der Waals surface area contributed by atoms with E-state index in [1.165, 1.54) is 43.1 Å². The van der Waals surface area contributed by atoms with E-state index in [1.54, 1.807) is 79.7 Å². The Balaban J connectivity index is 1.50. The lowest BCUT2D eigenvalue weighted by atomic mass is 10.1. The van der Waals surface area contributed by atoms with Gasteiger partial charge < -0.3 is 20.7 Å². The second-order valence-electron chi connectivity index (χ2n) is 8.86. The predicted molar refractivity (Wildman–Crippen MR) is 160 cm³/mol. The highest BCUT2D eigenvalue weighted by molar-refractivity contribution is 8.00. The Labute approximate surface area is 241 Å². The lowest BCUT2D eigenvalue weighted by Gasteiger charge is -2.14. The summed E-state index contributed by atoms with van der Waals surface area (Å²) in [6.45, 7) is 1.75. The molecule has 0 aliphatic heterocycles. The van der Waals surface area contributed by atoms with Crippen molar-refractivity contribution in [2.45, 2.75) is 17.1 Å². The standard InChI is InChI=1S/C32H28FN3O4S/c1-21(30(37)34-25-17-15-24(33)16-18-25)41-27-13-8-12-26(20-27)35-32(39)28(19-23-11-6-7-14-29(23)40-2)36-31(38)22-9-4-3-5-10-22/h3-21H,1-2H3,(H,34,37)(H,35,39)(H,36,38)/b28-19+. The van der Waals surface area contributed by atoms with Crippen LogP contribution in [0.5, 0.6) is 5.75 Å². The smallest absolute Gasteiger partial charge is 0.272 e. The zero-order valence-electron chi connectivity index (χ0n) is 22.4. The highest BCUT2D eigenvalue weighted by Crippen LogP contribution is 2.27. The summed E-state index contributed by atoms with van der Waals surface area (Å²) in [6.07, 6.45) is 1.55. The van der Waals surface area contributed by atoms with E-state index >= 15 is 0 Å². The van der Waals surface area contributed by atoms with E-state index in [4.69, 9.17) is 4.74 Å². The molecule has 0 aliphatic carbocycles. The van der Waals surface area contributed by atoms with Gasteiger partial charge in [-0.2, -0.15) is 0 Å². The van der Waals surface area contributed by atoms with Crippen LogP contribution < -0.4 is 20.7 Å². The van der Waals surface area contributed by atoms with Gasteiger partial charge in [-0.15, -0.1) is 11.8 Å². The Morgan fingerprint density at radius 1 is 0.829 bits per heavy atom. The molecule has 41 heavy (non-hydrogen) atoms. The number of ether oxygens (including phenoxy) is 1. The number of hydrogen-bond acceptors (Lipinski definition) is 5. The molecule has 0 radical (unpaired) electrons. The molecule has 4 rings (SSSR count). The van der Waals surface area contributed by atoms with E-state index < -0.39 is 17.1 Å². The van der Waals surface area contributed by atoms with E-state index in [-0.39, 0.29) is 17.4 Å². The number of rotatable bonds is 10. The minimum absolute atomic E-state index is 0.0217. The van der Waals surface area contributed by atoms with Crippen LogP contribution in [0.4, 0.5) is 15.8 Å². The van der Waals surface area contributed by atoms with Crippen molar-refractivity contribution in [1.82, 2.24) is 5.32 Å². The van der Waals surface area contributed by atoms with Gasteiger partial charge in [-0.3, -0.25) is 14.4 Å². The first-order chi connectivity index (χ1) is 19.8. The van der Waals surface area contributed by atoms with Crippen molar-refractivity contribution < 1.29 is 23.5 Å². The Morgan fingerprint density at radius 2 is 1.54 bits per heavy atom. The third-order valence-electron chi connectivity index (χ3n) is 5.85. The number of nitrogens with one attached hydrogen (secondary N) is 3. The number of carbonyl (C=O) groups is 3.